The van der Waals surface area contributed by atoms with E-state index in [0.29, 0.717) is 0 Å². The molecule has 0 unspecified atom stereocenters. The normalized spacial score (nSPS) is 12.4. The second-order valence-corrected chi connectivity index (χ2v) is 15.1. The molecule has 1 aliphatic rings. The molecule has 1 heterocycles. The molecule has 0 spiro atoms. The van der Waals surface area contributed by atoms with Gasteiger partial charge in [0.25, 0.3) is 0 Å². The molecule has 57 heavy (non-hydrogen) atoms. The Morgan fingerprint density at radius 2 is 0.772 bits per heavy atom. The molecule has 266 valence electrons. The van der Waals surface area contributed by atoms with Crippen molar-refractivity contribution in [1.82, 2.24) is 0 Å². The summed E-state index contributed by atoms with van der Waals surface area (Å²) in [6.07, 6.45) is 0. The molecule has 0 bridgehead atoms. The zero-order valence-electron chi connectivity index (χ0n) is 31.6. The summed E-state index contributed by atoms with van der Waals surface area (Å²) in [5.74, 6) is 0. The van der Waals surface area contributed by atoms with Gasteiger partial charge in [0.1, 0.15) is 0 Å². The lowest BCUT2D eigenvalue weighted by molar-refractivity contribution is 1.45. The van der Waals surface area contributed by atoms with Crippen molar-refractivity contribution in [3.63, 3.8) is 0 Å². The second kappa shape index (κ2) is 13.2. The predicted octanol–water partition coefficient (Wildman–Crippen LogP) is 15.5. The van der Waals surface area contributed by atoms with E-state index in [-0.39, 0.29) is 0 Å². The van der Waals surface area contributed by atoms with Crippen LogP contribution in [0.15, 0.2) is 206 Å². The molecule has 0 aliphatic carbocycles. The fourth-order valence-electron chi connectivity index (χ4n) is 9.28. The first-order valence-corrected chi connectivity index (χ1v) is 19.7. The van der Waals surface area contributed by atoms with Crippen molar-refractivity contribution >= 4 is 60.1 Å². The molecule has 0 saturated heterocycles. The van der Waals surface area contributed by atoms with Crippen LogP contribution >= 0.6 is 0 Å². The van der Waals surface area contributed by atoms with Gasteiger partial charge in [0.05, 0.1) is 5.69 Å². The molecule has 0 saturated carbocycles. The molecule has 0 radical (unpaired) electrons. The van der Waals surface area contributed by atoms with Gasteiger partial charge < -0.3 is 0 Å². The Bertz CT molecular complexity index is 3310. The molecule has 1 heteroatoms. The Balaban J connectivity index is 1.20. The van der Waals surface area contributed by atoms with E-state index in [1.807, 2.05) is 0 Å². The van der Waals surface area contributed by atoms with Gasteiger partial charge in [-0.05, 0) is 118 Å². The third-order valence-electron chi connectivity index (χ3n) is 11.9. The summed E-state index contributed by atoms with van der Waals surface area (Å²) in [7, 11) is 0. The van der Waals surface area contributed by atoms with Crippen LogP contribution in [-0.4, -0.2) is 5.71 Å². The average molecular weight is 724 g/mol. The maximum Gasteiger partial charge on any atom is 0.0717 e. The Kier molecular flexibility index (Phi) is 7.62. The first kappa shape index (κ1) is 33.0. The van der Waals surface area contributed by atoms with E-state index in [0.717, 1.165) is 44.8 Å². The molecule has 0 N–H and O–H groups in total. The van der Waals surface area contributed by atoms with Crippen LogP contribution < -0.4 is 0 Å². The van der Waals surface area contributed by atoms with E-state index in [1.54, 1.807) is 0 Å². The molecular formula is C56H37N. The van der Waals surface area contributed by atoms with Gasteiger partial charge in [-0.1, -0.05) is 189 Å². The number of nitrogens with zero attached hydrogens (tertiary/aromatic N) is 1. The zero-order valence-corrected chi connectivity index (χ0v) is 31.6. The van der Waals surface area contributed by atoms with Crippen LogP contribution in [0.3, 0.4) is 0 Å². The number of aliphatic imine (C=N–C) groups is 1. The van der Waals surface area contributed by atoms with Gasteiger partial charge in [-0.3, -0.25) is 4.99 Å². The topological polar surface area (TPSA) is 12.4 Å². The van der Waals surface area contributed by atoms with Crippen LogP contribution in [-0.2, 0) is 0 Å². The van der Waals surface area contributed by atoms with Crippen molar-refractivity contribution < 1.29 is 0 Å². The summed E-state index contributed by atoms with van der Waals surface area (Å²) in [5, 5.41) is 9.91. The summed E-state index contributed by atoms with van der Waals surface area (Å²) in [4.78, 5) is 5.36. The molecule has 0 atom stereocenters. The van der Waals surface area contributed by atoms with E-state index < -0.39 is 0 Å². The number of hydrogen-bond acceptors (Lipinski definition) is 1. The Morgan fingerprint density at radius 3 is 1.42 bits per heavy atom. The van der Waals surface area contributed by atoms with Crippen molar-refractivity contribution in [2.45, 2.75) is 6.92 Å². The maximum atomic E-state index is 5.36. The maximum absolute atomic E-state index is 5.36. The van der Waals surface area contributed by atoms with Crippen molar-refractivity contribution in [1.29, 1.82) is 0 Å². The van der Waals surface area contributed by atoms with Gasteiger partial charge >= 0.3 is 0 Å². The van der Waals surface area contributed by atoms with Gasteiger partial charge in [-0.25, -0.2) is 0 Å². The lowest BCUT2D eigenvalue weighted by atomic mass is 9.82. The highest BCUT2D eigenvalue weighted by atomic mass is 14.8. The van der Waals surface area contributed by atoms with E-state index in [1.165, 1.54) is 76.5 Å². The molecule has 1 aliphatic heterocycles. The SMILES string of the molecule is C=C1c2ccc(-c3ccc4c(-c5cccc6ccccc56)c5ccccc5c(-c5cccc6ccccc56)c4c3)cc2N=C(C)c2ccccc2-c2ccccc21. The highest BCUT2D eigenvalue weighted by Crippen LogP contribution is 2.48. The Hall–Kier alpha value is -7.35. The minimum Gasteiger partial charge on any atom is -0.252 e. The molecule has 0 fully saturated rings. The summed E-state index contributed by atoms with van der Waals surface area (Å²) in [6, 6.07) is 70.8. The number of rotatable bonds is 3. The van der Waals surface area contributed by atoms with Gasteiger partial charge in [-0.2, -0.15) is 0 Å². The van der Waals surface area contributed by atoms with Crippen molar-refractivity contribution in [3.8, 4) is 44.5 Å². The zero-order chi connectivity index (χ0) is 38.0. The minimum absolute atomic E-state index is 0.922. The van der Waals surface area contributed by atoms with Crippen molar-refractivity contribution in [3.05, 3.63) is 217 Å². The van der Waals surface area contributed by atoms with Gasteiger partial charge in [-0.15, -0.1) is 0 Å². The predicted molar refractivity (Wildman–Crippen MR) is 245 cm³/mol. The van der Waals surface area contributed by atoms with E-state index >= 15 is 0 Å². The summed E-state index contributed by atoms with van der Waals surface area (Å²) in [5.41, 5.74) is 15.8. The molecule has 10 aromatic rings. The molecule has 0 amide bonds. The standard InChI is InChI=1S/C56H37N/c1-35-41-19-7-9-23-46(41)47-24-10-8-20-43(47)36(2)57-54-34-40(29-31-42(35)54)39-30-32-52-53(33-39)56(49-28-14-18-38-16-4-6-22-45(38)49)51-26-12-11-25-50(51)55(52)48-27-13-17-37-15-3-5-21-44(37)48/h3-34H,1H2,2H3. The molecule has 0 aromatic heterocycles. The van der Waals surface area contributed by atoms with Gasteiger partial charge in [0, 0.05) is 16.8 Å². The first-order chi connectivity index (χ1) is 28.1. The molecule has 10 aromatic carbocycles. The summed E-state index contributed by atoms with van der Waals surface area (Å²) < 4.78 is 0. The molecular weight excluding hydrogens is 687 g/mol. The lowest BCUT2D eigenvalue weighted by Gasteiger charge is -2.20. The quantitative estimate of drug-likeness (QED) is 0.161. The summed E-state index contributed by atoms with van der Waals surface area (Å²) in [6.45, 7) is 6.79. The number of benzene rings is 10. The third kappa shape index (κ3) is 5.28. The third-order valence-corrected chi connectivity index (χ3v) is 11.9. The van der Waals surface area contributed by atoms with Crippen LogP contribution in [0.2, 0.25) is 0 Å². The minimum atomic E-state index is 0.922. The average Bonchev–Trinajstić information content (AvgIpc) is 3.30. The highest BCUT2D eigenvalue weighted by molar-refractivity contribution is 6.25. The van der Waals surface area contributed by atoms with E-state index in [9.17, 15) is 0 Å². The van der Waals surface area contributed by atoms with Crippen molar-refractivity contribution in [2.75, 3.05) is 0 Å². The molecule has 1 nitrogen and oxygen atoms in total. The lowest BCUT2D eigenvalue weighted by Crippen LogP contribution is -1.98. The summed E-state index contributed by atoms with van der Waals surface area (Å²) >= 11 is 0. The van der Waals surface area contributed by atoms with Crippen LogP contribution in [0.4, 0.5) is 5.69 Å². The van der Waals surface area contributed by atoms with Crippen LogP contribution in [0, 0.1) is 0 Å². The second-order valence-electron chi connectivity index (χ2n) is 15.1. The monoisotopic (exact) mass is 723 g/mol. The fourth-order valence-corrected chi connectivity index (χ4v) is 9.28. The van der Waals surface area contributed by atoms with Gasteiger partial charge in [0.15, 0.2) is 0 Å². The number of hydrogen-bond donors (Lipinski definition) is 0. The Morgan fingerprint density at radius 1 is 0.333 bits per heavy atom. The van der Waals surface area contributed by atoms with E-state index in [2.05, 4.69) is 208 Å². The van der Waals surface area contributed by atoms with Gasteiger partial charge in [0.2, 0.25) is 0 Å². The fraction of sp³-hybridized carbons (Fsp3) is 0.0179. The van der Waals surface area contributed by atoms with Crippen LogP contribution in [0.25, 0.3) is 93.2 Å². The largest absolute Gasteiger partial charge is 0.252 e. The van der Waals surface area contributed by atoms with Crippen molar-refractivity contribution in [2.24, 2.45) is 4.99 Å². The van der Waals surface area contributed by atoms with E-state index in [4.69, 9.17) is 4.99 Å². The Labute approximate surface area is 332 Å². The number of fused-ring (bicyclic) bond motifs is 8. The van der Waals surface area contributed by atoms with Crippen LogP contribution in [0.5, 0.6) is 0 Å². The van der Waals surface area contributed by atoms with Crippen LogP contribution in [0.1, 0.15) is 23.6 Å². The molecule has 11 rings (SSSR count). The first-order valence-electron chi connectivity index (χ1n) is 19.7. The smallest absolute Gasteiger partial charge is 0.0717 e. The highest BCUT2D eigenvalue weighted by Gasteiger charge is 2.22.